The molecule has 1 atom stereocenters. The van der Waals surface area contributed by atoms with E-state index in [1.807, 2.05) is 0 Å². The SMILES string of the molecule is C=Cc1c(F)c(F)c(Oc2ccc(OC3CCCCO3)cc2)c(F)c1F. The Balaban J connectivity index is 1.78. The molecule has 1 saturated heterocycles. The number of rotatable bonds is 5. The van der Waals surface area contributed by atoms with Crippen molar-refractivity contribution in [2.24, 2.45) is 0 Å². The molecule has 138 valence electrons. The maximum Gasteiger partial charge on any atom is 0.205 e. The molecule has 7 heteroatoms. The van der Waals surface area contributed by atoms with Gasteiger partial charge >= 0.3 is 0 Å². The van der Waals surface area contributed by atoms with Gasteiger partial charge in [0, 0.05) is 6.42 Å². The third-order valence-electron chi connectivity index (χ3n) is 3.91. The molecule has 0 radical (unpaired) electrons. The molecular weight excluding hydrogens is 352 g/mol. The third kappa shape index (κ3) is 3.67. The Morgan fingerprint density at radius 2 is 1.54 bits per heavy atom. The highest BCUT2D eigenvalue weighted by Gasteiger charge is 2.25. The summed E-state index contributed by atoms with van der Waals surface area (Å²) in [4.78, 5) is 0. The molecule has 2 aromatic rings. The molecule has 0 amide bonds. The van der Waals surface area contributed by atoms with E-state index in [2.05, 4.69) is 6.58 Å². The van der Waals surface area contributed by atoms with Crippen LogP contribution in [-0.4, -0.2) is 12.9 Å². The molecule has 1 aliphatic heterocycles. The summed E-state index contributed by atoms with van der Waals surface area (Å²) in [5, 5.41) is 0. The molecule has 0 bridgehead atoms. The van der Waals surface area contributed by atoms with Crippen molar-refractivity contribution in [1.82, 2.24) is 0 Å². The van der Waals surface area contributed by atoms with Crippen molar-refractivity contribution in [2.75, 3.05) is 6.61 Å². The van der Waals surface area contributed by atoms with Gasteiger partial charge in [-0.05, 0) is 37.1 Å². The van der Waals surface area contributed by atoms with Crippen molar-refractivity contribution in [3.8, 4) is 17.2 Å². The summed E-state index contributed by atoms with van der Waals surface area (Å²) < 4.78 is 71.5. The van der Waals surface area contributed by atoms with Crippen molar-refractivity contribution in [1.29, 1.82) is 0 Å². The van der Waals surface area contributed by atoms with Gasteiger partial charge in [-0.25, -0.2) is 8.78 Å². The number of halogens is 4. The van der Waals surface area contributed by atoms with Crippen LogP contribution in [-0.2, 0) is 4.74 Å². The zero-order valence-corrected chi connectivity index (χ0v) is 13.7. The highest BCUT2D eigenvalue weighted by Crippen LogP contribution is 2.34. The molecule has 2 aromatic carbocycles. The minimum atomic E-state index is -1.63. The lowest BCUT2D eigenvalue weighted by atomic mass is 10.1. The Morgan fingerprint density at radius 1 is 0.923 bits per heavy atom. The molecule has 1 unspecified atom stereocenters. The maximum atomic E-state index is 14.0. The lowest BCUT2D eigenvalue weighted by Gasteiger charge is -2.23. The van der Waals surface area contributed by atoms with Crippen molar-refractivity contribution < 1.29 is 31.8 Å². The lowest BCUT2D eigenvalue weighted by Crippen LogP contribution is -2.24. The first-order chi connectivity index (χ1) is 12.5. The van der Waals surface area contributed by atoms with Crippen LogP contribution in [0, 0.1) is 23.3 Å². The largest absolute Gasteiger partial charge is 0.465 e. The molecule has 0 spiro atoms. The van der Waals surface area contributed by atoms with Gasteiger partial charge in [0.2, 0.25) is 17.4 Å². The normalized spacial score (nSPS) is 17.0. The van der Waals surface area contributed by atoms with E-state index in [-0.39, 0.29) is 12.0 Å². The second-order valence-corrected chi connectivity index (χ2v) is 5.69. The molecule has 0 saturated carbocycles. The molecule has 3 rings (SSSR count). The van der Waals surface area contributed by atoms with Gasteiger partial charge in [0.25, 0.3) is 0 Å². The molecule has 1 heterocycles. The highest BCUT2D eigenvalue weighted by atomic mass is 19.2. The van der Waals surface area contributed by atoms with Gasteiger partial charge in [-0.15, -0.1) is 0 Å². The van der Waals surface area contributed by atoms with E-state index in [1.165, 1.54) is 24.3 Å². The monoisotopic (exact) mass is 368 g/mol. The van der Waals surface area contributed by atoms with Gasteiger partial charge in [-0.2, -0.15) is 8.78 Å². The van der Waals surface area contributed by atoms with Gasteiger partial charge in [0.1, 0.15) is 11.5 Å². The van der Waals surface area contributed by atoms with E-state index in [4.69, 9.17) is 14.2 Å². The van der Waals surface area contributed by atoms with E-state index >= 15 is 0 Å². The molecule has 0 aromatic heterocycles. The summed E-state index contributed by atoms with van der Waals surface area (Å²) in [6, 6.07) is 5.75. The first-order valence-corrected chi connectivity index (χ1v) is 8.05. The number of benzene rings is 2. The van der Waals surface area contributed by atoms with E-state index < -0.39 is 34.6 Å². The van der Waals surface area contributed by atoms with Crippen LogP contribution in [0.15, 0.2) is 30.8 Å². The Kier molecular flexibility index (Phi) is 5.46. The number of hydrogen-bond donors (Lipinski definition) is 0. The van der Waals surface area contributed by atoms with E-state index in [0.29, 0.717) is 18.4 Å². The standard InChI is InChI=1S/C19H16F4O3/c1-2-13-15(20)17(22)19(18(23)16(13)21)26-12-8-6-11(7-9-12)25-14-5-3-4-10-24-14/h2,6-9,14H,1,3-5,10H2. The Bertz CT molecular complexity index is 770. The fourth-order valence-corrected chi connectivity index (χ4v) is 2.56. The molecule has 1 aliphatic rings. The van der Waals surface area contributed by atoms with Crippen molar-refractivity contribution in [3.05, 3.63) is 59.7 Å². The van der Waals surface area contributed by atoms with Crippen LogP contribution < -0.4 is 9.47 Å². The van der Waals surface area contributed by atoms with Gasteiger partial charge in [0.05, 0.1) is 12.2 Å². The van der Waals surface area contributed by atoms with Gasteiger partial charge in [-0.3, -0.25) is 0 Å². The third-order valence-corrected chi connectivity index (χ3v) is 3.91. The quantitative estimate of drug-likeness (QED) is 0.509. The number of ether oxygens (including phenoxy) is 3. The second kappa shape index (κ2) is 7.78. The van der Waals surface area contributed by atoms with E-state index in [0.717, 1.165) is 19.3 Å². The molecule has 3 nitrogen and oxygen atoms in total. The summed E-state index contributed by atoms with van der Waals surface area (Å²) in [7, 11) is 0. The topological polar surface area (TPSA) is 27.7 Å². The smallest absolute Gasteiger partial charge is 0.205 e. The summed E-state index contributed by atoms with van der Waals surface area (Å²) >= 11 is 0. The fourth-order valence-electron chi connectivity index (χ4n) is 2.56. The molecule has 26 heavy (non-hydrogen) atoms. The second-order valence-electron chi connectivity index (χ2n) is 5.69. The summed E-state index contributed by atoms with van der Waals surface area (Å²) in [5.74, 6) is -7.08. The van der Waals surface area contributed by atoms with Crippen LogP contribution in [0.25, 0.3) is 6.08 Å². The minimum Gasteiger partial charge on any atom is -0.465 e. The molecular formula is C19H16F4O3. The highest BCUT2D eigenvalue weighted by molar-refractivity contribution is 5.52. The first-order valence-electron chi connectivity index (χ1n) is 8.05. The number of hydrogen-bond acceptors (Lipinski definition) is 3. The summed E-state index contributed by atoms with van der Waals surface area (Å²) in [5.41, 5.74) is -0.886. The summed E-state index contributed by atoms with van der Waals surface area (Å²) in [6.07, 6.45) is 3.10. The van der Waals surface area contributed by atoms with E-state index in [9.17, 15) is 17.6 Å². The summed E-state index contributed by atoms with van der Waals surface area (Å²) in [6.45, 7) is 3.75. The minimum absolute atomic E-state index is 0.00938. The zero-order valence-electron chi connectivity index (χ0n) is 13.7. The average Bonchev–Trinajstić information content (AvgIpc) is 2.66. The lowest BCUT2D eigenvalue weighted by molar-refractivity contribution is -0.105. The molecule has 0 N–H and O–H groups in total. The van der Waals surface area contributed by atoms with Crippen LogP contribution >= 0.6 is 0 Å². The molecule has 0 aliphatic carbocycles. The maximum absolute atomic E-state index is 14.0. The Morgan fingerprint density at radius 3 is 2.08 bits per heavy atom. The van der Waals surface area contributed by atoms with Crippen LogP contribution in [0.3, 0.4) is 0 Å². The van der Waals surface area contributed by atoms with Gasteiger partial charge in [0.15, 0.2) is 17.9 Å². The molecule has 1 fully saturated rings. The zero-order chi connectivity index (χ0) is 18.7. The average molecular weight is 368 g/mol. The van der Waals surface area contributed by atoms with Crippen molar-refractivity contribution in [2.45, 2.75) is 25.6 Å². The van der Waals surface area contributed by atoms with E-state index in [1.54, 1.807) is 0 Å². The van der Waals surface area contributed by atoms with Gasteiger partial charge < -0.3 is 14.2 Å². The predicted molar refractivity (Wildman–Crippen MR) is 87.1 cm³/mol. The van der Waals surface area contributed by atoms with Crippen LogP contribution in [0.2, 0.25) is 0 Å². The van der Waals surface area contributed by atoms with Gasteiger partial charge in [-0.1, -0.05) is 12.7 Å². The Hall–Kier alpha value is -2.54. The van der Waals surface area contributed by atoms with Crippen LogP contribution in [0.5, 0.6) is 17.2 Å². The first kappa shape index (κ1) is 18.3. The van der Waals surface area contributed by atoms with Crippen LogP contribution in [0.1, 0.15) is 24.8 Å². The van der Waals surface area contributed by atoms with Crippen LogP contribution in [0.4, 0.5) is 17.6 Å². The Labute approximate surface area is 147 Å². The van der Waals surface area contributed by atoms with Crippen molar-refractivity contribution in [3.63, 3.8) is 0 Å². The predicted octanol–water partition coefficient (Wildman–Crippen LogP) is 5.58. The van der Waals surface area contributed by atoms with Crippen molar-refractivity contribution >= 4 is 6.08 Å². The fraction of sp³-hybridized carbons (Fsp3) is 0.263.